The number of hydrogen-bond acceptors (Lipinski definition) is 4. The molecule has 0 N–H and O–H groups in total. The highest BCUT2D eigenvalue weighted by atomic mass is 32.2. The van der Waals surface area contributed by atoms with Gasteiger partial charge >= 0.3 is 0 Å². The number of carbonyl (C=O) groups excluding carboxylic acids is 2. The second-order valence-corrected chi connectivity index (χ2v) is 5.56. The zero-order valence-electron chi connectivity index (χ0n) is 11.3. The molecule has 1 aromatic carbocycles. The van der Waals surface area contributed by atoms with Gasteiger partial charge in [-0.2, -0.15) is 0 Å². The quantitative estimate of drug-likeness (QED) is 0.787. The maximum Gasteiger partial charge on any atom is 0.293 e. The number of benzene rings is 1. The lowest BCUT2D eigenvalue weighted by atomic mass is 10.1. The molecule has 7 heteroatoms. The summed E-state index contributed by atoms with van der Waals surface area (Å²) in [7, 11) is 1.39. The van der Waals surface area contributed by atoms with E-state index in [1.807, 2.05) is 0 Å². The number of hydrogen-bond donors (Lipinski definition) is 0. The molecule has 1 aromatic heterocycles. The van der Waals surface area contributed by atoms with Crippen LogP contribution in [0.25, 0.3) is 17.4 Å². The summed E-state index contributed by atoms with van der Waals surface area (Å²) in [6, 6.07) is 6.22. The van der Waals surface area contributed by atoms with Crippen molar-refractivity contribution < 1.29 is 22.8 Å². The number of likely N-dealkylation sites (N-methyl/N-ethyl adjacent to an activating group) is 1. The van der Waals surface area contributed by atoms with Crippen molar-refractivity contribution in [1.82, 2.24) is 4.90 Å². The van der Waals surface area contributed by atoms with Crippen molar-refractivity contribution in [3.8, 4) is 11.3 Å². The summed E-state index contributed by atoms with van der Waals surface area (Å²) in [5, 5.41) is -0.368. The van der Waals surface area contributed by atoms with Gasteiger partial charge in [-0.3, -0.25) is 14.5 Å². The number of rotatable bonds is 2. The second-order valence-electron chi connectivity index (χ2n) is 4.57. The van der Waals surface area contributed by atoms with E-state index in [4.69, 9.17) is 4.42 Å². The Morgan fingerprint density at radius 1 is 1.18 bits per heavy atom. The summed E-state index contributed by atoms with van der Waals surface area (Å²) in [4.78, 5) is 24.4. The molecule has 1 fully saturated rings. The van der Waals surface area contributed by atoms with E-state index in [0.29, 0.717) is 5.76 Å². The molecule has 1 aliphatic rings. The third-order valence-electron chi connectivity index (χ3n) is 3.08. The van der Waals surface area contributed by atoms with Gasteiger partial charge in [0.2, 0.25) is 0 Å². The Hall–Kier alpha value is -2.41. The first-order valence-corrected chi connectivity index (χ1v) is 7.04. The third-order valence-corrected chi connectivity index (χ3v) is 4.04. The molecule has 1 saturated heterocycles. The van der Waals surface area contributed by atoms with Crippen molar-refractivity contribution in [2.45, 2.75) is 0 Å². The van der Waals surface area contributed by atoms with Gasteiger partial charge in [-0.05, 0) is 36.0 Å². The average molecular weight is 321 g/mol. The van der Waals surface area contributed by atoms with E-state index in [2.05, 4.69) is 0 Å². The van der Waals surface area contributed by atoms with Gasteiger partial charge in [-0.15, -0.1) is 0 Å². The molecule has 2 heterocycles. The summed E-state index contributed by atoms with van der Waals surface area (Å²) in [5.74, 6) is -1.32. The normalized spacial score (nSPS) is 16.9. The fourth-order valence-corrected chi connectivity index (χ4v) is 2.75. The Bertz CT molecular complexity index is 813. The fourth-order valence-electron chi connectivity index (χ4n) is 1.94. The second kappa shape index (κ2) is 5.42. The van der Waals surface area contributed by atoms with E-state index in [1.54, 1.807) is 6.07 Å². The Kier molecular flexibility index (Phi) is 3.58. The highest BCUT2D eigenvalue weighted by Crippen LogP contribution is 2.32. The monoisotopic (exact) mass is 321 g/mol. The van der Waals surface area contributed by atoms with Crippen LogP contribution in [0.15, 0.2) is 39.7 Å². The molecule has 0 radical (unpaired) electrons. The summed E-state index contributed by atoms with van der Waals surface area (Å²) < 4.78 is 32.0. The van der Waals surface area contributed by atoms with Crippen molar-refractivity contribution in [3.05, 3.63) is 52.6 Å². The SMILES string of the molecule is CN1C(=O)S/C(=C/c2ccc(-c3ccc(F)cc3F)o2)C1=O. The van der Waals surface area contributed by atoms with Gasteiger partial charge in [-0.1, -0.05) is 0 Å². The van der Waals surface area contributed by atoms with Crippen LogP contribution in [0.2, 0.25) is 0 Å². The predicted octanol–water partition coefficient (Wildman–Crippen LogP) is 3.89. The number of furan rings is 1. The van der Waals surface area contributed by atoms with Crippen LogP contribution in [0, 0.1) is 11.6 Å². The predicted molar refractivity (Wildman–Crippen MR) is 77.8 cm³/mol. The molecular formula is C15H9F2NO3S. The molecule has 0 spiro atoms. The first-order valence-electron chi connectivity index (χ1n) is 6.22. The molecule has 2 aromatic rings. The van der Waals surface area contributed by atoms with Crippen molar-refractivity contribution >= 4 is 29.0 Å². The number of carbonyl (C=O) groups is 2. The molecule has 2 amide bonds. The van der Waals surface area contributed by atoms with Crippen molar-refractivity contribution in [1.29, 1.82) is 0 Å². The first kappa shape index (κ1) is 14.5. The maximum absolute atomic E-state index is 13.7. The first-order chi connectivity index (χ1) is 10.5. The highest BCUT2D eigenvalue weighted by molar-refractivity contribution is 8.18. The number of halogens is 2. The van der Waals surface area contributed by atoms with E-state index < -0.39 is 17.5 Å². The Morgan fingerprint density at radius 2 is 1.95 bits per heavy atom. The van der Waals surface area contributed by atoms with Crippen LogP contribution in [-0.4, -0.2) is 23.1 Å². The number of imide groups is 1. The van der Waals surface area contributed by atoms with Crippen LogP contribution in [0.4, 0.5) is 13.6 Å². The molecule has 0 bridgehead atoms. The van der Waals surface area contributed by atoms with Gasteiger partial charge in [0, 0.05) is 19.2 Å². The zero-order valence-corrected chi connectivity index (χ0v) is 12.1. The average Bonchev–Trinajstić information content (AvgIpc) is 3.01. The zero-order chi connectivity index (χ0) is 15.9. The van der Waals surface area contributed by atoms with E-state index >= 15 is 0 Å². The molecular weight excluding hydrogens is 312 g/mol. The van der Waals surface area contributed by atoms with Crippen LogP contribution >= 0.6 is 11.8 Å². The molecule has 0 unspecified atom stereocenters. The molecule has 3 rings (SSSR count). The Balaban J connectivity index is 1.92. The summed E-state index contributed by atoms with van der Waals surface area (Å²) in [6.07, 6.45) is 1.42. The number of amides is 2. The van der Waals surface area contributed by atoms with E-state index in [9.17, 15) is 18.4 Å². The Morgan fingerprint density at radius 3 is 2.59 bits per heavy atom. The van der Waals surface area contributed by atoms with Crippen LogP contribution in [0.3, 0.4) is 0 Å². The summed E-state index contributed by atoms with van der Waals surface area (Å²) in [6.45, 7) is 0. The lowest BCUT2D eigenvalue weighted by Crippen LogP contribution is -2.22. The van der Waals surface area contributed by atoms with Crippen LogP contribution < -0.4 is 0 Å². The standard InChI is InChI=1S/C15H9F2NO3S/c1-18-14(19)13(22-15(18)20)7-9-3-5-12(21-9)10-4-2-8(16)6-11(10)17/h2-7H,1H3/b13-7+. The molecule has 1 aliphatic heterocycles. The molecule has 0 aliphatic carbocycles. The molecule has 4 nitrogen and oxygen atoms in total. The summed E-state index contributed by atoms with van der Waals surface area (Å²) in [5.41, 5.74) is 0.115. The lowest BCUT2D eigenvalue weighted by molar-refractivity contribution is -0.121. The van der Waals surface area contributed by atoms with Crippen molar-refractivity contribution in [2.24, 2.45) is 0 Å². The van der Waals surface area contributed by atoms with Gasteiger partial charge < -0.3 is 4.42 Å². The van der Waals surface area contributed by atoms with Crippen LogP contribution in [0.5, 0.6) is 0 Å². The number of nitrogens with zero attached hydrogens (tertiary/aromatic N) is 1. The molecule has 112 valence electrons. The third kappa shape index (κ3) is 2.55. The Labute approximate surface area is 128 Å². The van der Waals surface area contributed by atoms with Gasteiger partial charge in [0.05, 0.1) is 10.5 Å². The van der Waals surface area contributed by atoms with E-state index in [0.717, 1.165) is 28.8 Å². The van der Waals surface area contributed by atoms with Gasteiger partial charge in [0.15, 0.2) is 0 Å². The minimum atomic E-state index is -0.741. The van der Waals surface area contributed by atoms with Crippen LogP contribution in [0.1, 0.15) is 5.76 Å². The highest BCUT2D eigenvalue weighted by Gasteiger charge is 2.32. The maximum atomic E-state index is 13.7. The minimum absolute atomic E-state index is 0.115. The number of thioether (sulfide) groups is 1. The van der Waals surface area contributed by atoms with E-state index in [-0.39, 0.29) is 21.5 Å². The topological polar surface area (TPSA) is 50.5 Å². The molecule has 22 heavy (non-hydrogen) atoms. The van der Waals surface area contributed by atoms with Crippen LogP contribution in [-0.2, 0) is 4.79 Å². The van der Waals surface area contributed by atoms with Crippen molar-refractivity contribution in [2.75, 3.05) is 7.05 Å². The fraction of sp³-hybridized carbons (Fsp3) is 0.0667. The van der Waals surface area contributed by atoms with Gasteiger partial charge in [-0.25, -0.2) is 8.78 Å². The minimum Gasteiger partial charge on any atom is -0.457 e. The smallest absolute Gasteiger partial charge is 0.293 e. The van der Waals surface area contributed by atoms with Gasteiger partial charge in [0.1, 0.15) is 23.2 Å². The summed E-state index contributed by atoms with van der Waals surface area (Å²) >= 11 is 0.802. The molecule has 0 atom stereocenters. The largest absolute Gasteiger partial charge is 0.457 e. The van der Waals surface area contributed by atoms with Crippen molar-refractivity contribution in [3.63, 3.8) is 0 Å². The van der Waals surface area contributed by atoms with Gasteiger partial charge in [0.25, 0.3) is 11.1 Å². The van der Waals surface area contributed by atoms with E-state index in [1.165, 1.54) is 25.3 Å². The lowest BCUT2D eigenvalue weighted by Gasteiger charge is -2.00. The molecule has 0 saturated carbocycles.